The van der Waals surface area contributed by atoms with Crippen molar-refractivity contribution >= 4 is 62.4 Å². The summed E-state index contributed by atoms with van der Waals surface area (Å²) in [7, 11) is 0. The van der Waals surface area contributed by atoms with Crippen LogP contribution in [0.25, 0.3) is 0 Å². The molecule has 11 heteroatoms. The van der Waals surface area contributed by atoms with Gasteiger partial charge in [0.05, 0.1) is 31.8 Å². The first-order valence-electron chi connectivity index (χ1n) is 13.0. The van der Waals surface area contributed by atoms with Gasteiger partial charge in [-0.1, -0.05) is 75.0 Å². The Bertz CT molecular complexity index is 1240. The molecule has 220 valence electrons. The van der Waals surface area contributed by atoms with E-state index in [4.69, 9.17) is 39.5 Å². The lowest BCUT2D eigenvalue weighted by atomic mass is 9.68. The first-order valence-corrected chi connectivity index (χ1v) is 14.9. The van der Waals surface area contributed by atoms with E-state index in [0.717, 1.165) is 37.0 Å². The average molecular weight is 688 g/mol. The molecule has 1 fully saturated rings. The number of aliphatic imine (C=N–C) groups is 1. The molecule has 4 rings (SSSR count). The van der Waals surface area contributed by atoms with Crippen molar-refractivity contribution in [1.82, 2.24) is 0 Å². The molecule has 0 spiro atoms. The van der Waals surface area contributed by atoms with Gasteiger partial charge < -0.3 is 4.74 Å². The molecule has 2 aliphatic rings. The van der Waals surface area contributed by atoms with Crippen LogP contribution in [0, 0.1) is 23.6 Å². The van der Waals surface area contributed by atoms with Gasteiger partial charge in [-0.3, -0.25) is 9.79 Å². The van der Waals surface area contributed by atoms with Crippen molar-refractivity contribution < 1.29 is 27.1 Å². The third kappa shape index (κ3) is 7.16. The molecule has 3 unspecified atom stereocenters. The number of rotatable bonds is 4. The smallest absolute Gasteiger partial charge is 0.401 e. The summed E-state index contributed by atoms with van der Waals surface area (Å²) >= 11 is 21.3. The van der Waals surface area contributed by atoms with Crippen LogP contribution in [-0.2, 0) is 14.9 Å². The van der Waals surface area contributed by atoms with E-state index >= 15 is 13.2 Å². The van der Waals surface area contributed by atoms with Crippen LogP contribution < -0.4 is 0 Å². The van der Waals surface area contributed by atoms with Crippen LogP contribution in [0.5, 0.6) is 0 Å². The quantitative estimate of drug-likeness (QED) is 0.182. The van der Waals surface area contributed by atoms with Crippen LogP contribution in [0.15, 0.2) is 39.8 Å². The number of esters is 1. The third-order valence-electron chi connectivity index (χ3n) is 6.89. The van der Waals surface area contributed by atoms with Gasteiger partial charge in [0.25, 0.3) is 0 Å². The Morgan fingerprint density at radius 3 is 2.23 bits per heavy atom. The largest absolute Gasteiger partial charge is 0.462 e. The molecule has 1 saturated carbocycles. The predicted octanol–water partition coefficient (Wildman–Crippen LogP) is 10.3. The van der Waals surface area contributed by atoms with Gasteiger partial charge in [-0.2, -0.15) is 13.2 Å². The Hall–Kier alpha value is -1.35. The second kappa shape index (κ2) is 13.3. The highest BCUT2D eigenvalue weighted by Crippen LogP contribution is 2.53. The number of hydrogen-bond acceptors (Lipinski definition) is 3. The molecule has 40 heavy (non-hydrogen) atoms. The van der Waals surface area contributed by atoms with Crippen LogP contribution in [0.3, 0.4) is 0 Å². The van der Waals surface area contributed by atoms with E-state index in [2.05, 4.69) is 41.7 Å². The average Bonchev–Trinajstić information content (AvgIpc) is 3.26. The van der Waals surface area contributed by atoms with Gasteiger partial charge in [-0.05, 0) is 82.4 Å². The van der Waals surface area contributed by atoms with Crippen LogP contribution in [0.2, 0.25) is 15.1 Å². The van der Waals surface area contributed by atoms with Crippen LogP contribution in [0.4, 0.5) is 17.6 Å². The fraction of sp³-hybridized carbons (Fsp3) is 0.517. The maximum absolute atomic E-state index is 15.1. The number of carbonyl (C=O) groups is 1. The van der Waals surface area contributed by atoms with E-state index in [9.17, 15) is 9.18 Å². The zero-order chi connectivity index (χ0) is 30.0. The SMILES string of the molecule is CC(C)C.CC1CCCC(OC(=O)[C@H]2C(c3ccc(F)c(Br)c3)=NCC2(c2cc(Cl)c(Cl)c(Cl)c2)C(F)(F)F)C1. The molecule has 1 heterocycles. The molecule has 2 aromatic rings. The first-order chi connectivity index (χ1) is 18.6. The lowest BCUT2D eigenvalue weighted by molar-refractivity contribution is -0.203. The second-order valence-corrected chi connectivity index (χ2v) is 13.1. The molecule has 1 aliphatic carbocycles. The van der Waals surface area contributed by atoms with Crippen molar-refractivity contribution in [3.63, 3.8) is 0 Å². The number of nitrogens with zero attached hydrogens (tertiary/aromatic N) is 1. The topological polar surface area (TPSA) is 38.7 Å². The molecule has 0 amide bonds. The Morgan fingerprint density at radius 2 is 1.70 bits per heavy atom. The van der Waals surface area contributed by atoms with Crippen molar-refractivity contribution in [2.75, 3.05) is 6.54 Å². The summed E-state index contributed by atoms with van der Waals surface area (Å²) in [5.41, 5.74) is -3.16. The molecule has 0 radical (unpaired) electrons. The molecule has 3 nitrogen and oxygen atoms in total. The summed E-state index contributed by atoms with van der Waals surface area (Å²) in [5.74, 6) is -2.42. The van der Waals surface area contributed by atoms with E-state index in [-0.39, 0.29) is 42.3 Å². The monoisotopic (exact) mass is 685 g/mol. The minimum absolute atomic E-state index is 0.0259. The second-order valence-electron chi connectivity index (χ2n) is 11.0. The molecule has 0 saturated heterocycles. The number of alkyl halides is 3. The van der Waals surface area contributed by atoms with Crippen LogP contribution in [-0.4, -0.2) is 30.5 Å². The summed E-state index contributed by atoms with van der Waals surface area (Å²) in [4.78, 5) is 17.8. The predicted molar refractivity (Wildman–Crippen MR) is 156 cm³/mol. The van der Waals surface area contributed by atoms with Gasteiger partial charge >= 0.3 is 12.1 Å². The van der Waals surface area contributed by atoms with Crippen molar-refractivity contribution in [2.24, 2.45) is 22.7 Å². The number of ether oxygens (including phenoxy) is 1. The van der Waals surface area contributed by atoms with Gasteiger partial charge in [0.15, 0.2) is 0 Å². The van der Waals surface area contributed by atoms with Gasteiger partial charge in [-0.25, -0.2) is 4.39 Å². The Morgan fingerprint density at radius 1 is 1.10 bits per heavy atom. The fourth-order valence-electron chi connectivity index (χ4n) is 5.06. The molecule has 2 aromatic carbocycles. The van der Waals surface area contributed by atoms with E-state index in [1.54, 1.807) is 0 Å². The highest BCUT2D eigenvalue weighted by Gasteiger charge is 2.67. The van der Waals surface area contributed by atoms with Crippen molar-refractivity contribution in [1.29, 1.82) is 0 Å². The first kappa shape index (κ1) is 33.2. The Kier molecular flexibility index (Phi) is 11.0. The number of hydrogen-bond donors (Lipinski definition) is 0. The van der Waals surface area contributed by atoms with Crippen molar-refractivity contribution in [3.8, 4) is 0 Å². The number of benzene rings is 2. The van der Waals surface area contributed by atoms with Crippen LogP contribution in [0.1, 0.15) is 64.5 Å². The lowest BCUT2D eigenvalue weighted by Gasteiger charge is -2.38. The van der Waals surface area contributed by atoms with Gasteiger partial charge in [0.1, 0.15) is 23.3 Å². The molecular weight excluding hydrogens is 657 g/mol. The highest BCUT2D eigenvalue weighted by atomic mass is 79.9. The van der Waals surface area contributed by atoms with Gasteiger partial charge in [0.2, 0.25) is 0 Å². The molecule has 1 aliphatic heterocycles. The molecule has 0 N–H and O–H groups in total. The molecular formula is C29H31BrCl3F4NO2. The summed E-state index contributed by atoms with van der Waals surface area (Å²) in [6.07, 6.45) is -2.57. The maximum atomic E-state index is 15.1. The van der Waals surface area contributed by atoms with Crippen molar-refractivity contribution in [3.05, 3.63) is 66.8 Å². The fourth-order valence-corrected chi connectivity index (χ4v) is 6.03. The van der Waals surface area contributed by atoms with Gasteiger partial charge in [0, 0.05) is 0 Å². The number of carbonyl (C=O) groups excluding carboxylic acids is 1. The molecule has 4 atom stereocenters. The highest BCUT2D eigenvalue weighted by molar-refractivity contribution is 9.10. The maximum Gasteiger partial charge on any atom is 0.401 e. The zero-order valence-electron chi connectivity index (χ0n) is 22.5. The van der Waals surface area contributed by atoms with E-state index in [1.165, 1.54) is 12.1 Å². The van der Waals surface area contributed by atoms with E-state index in [1.807, 2.05) is 6.92 Å². The van der Waals surface area contributed by atoms with Crippen LogP contribution >= 0.6 is 50.7 Å². The Labute approximate surface area is 255 Å². The standard InChI is InChI=1S/C25H21BrCl3F4NO2.C4H10/c1-12-3-2-4-15(7-12)36-23(35)20-22(13-5-6-19(30)16(26)8-13)34-11-24(20,25(31,32)33)14-9-17(27)21(29)18(28)10-14;1-4(2)3/h5-6,8-10,12,15,20H,2-4,7,11H2,1H3;4H,1-3H3/t12?,15?,20-,24?;/m1./s1. The summed E-state index contributed by atoms with van der Waals surface area (Å²) in [6.45, 7) is 7.70. The van der Waals surface area contributed by atoms with Gasteiger partial charge in [-0.15, -0.1) is 0 Å². The third-order valence-corrected chi connectivity index (χ3v) is 8.70. The zero-order valence-corrected chi connectivity index (χ0v) is 26.4. The van der Waals surface area contributed by atoms with Crippen molar-refractivity contribution in [2.45, 2.75) is 71.1 Å². The molecule has 0 bridgehead atoms. The minimum Gasteiger partial charge on any atom is -0.462 e. The van der Waals surface area contributed by atoms with E-state index < -0.39 is 41.9 Å². The lowest BCUT2D eigenvalue weighted by Crippen LogP contribution is -2.54. The molecule has 0 aromatic heterocycles. The Balaban J connectivity index is 0.00000103. The minimum atomic E-state index is -4.96. The summed E-state index contributed by atoms with van der Waals surface area (Å²) < 4.78 is 64.9. The normalized spacial score (nSPS) is 24.8. The summed E-state index contributed by atoms with van der Waals surface area (Å²) in [5, 5.41) is -0.473. The van der Waals surface area contributed by atoms with E-state index in [0.29, 0.717) is 12.8 Å². The summed E-state index contributed by atoms with van der Waals surface area (Å²) in [6, 6.07) is 5.80. The number of halogens is 8.